The number of rotatable bonds is 1. The van der Waals surface area contributed by atoms with Crippen molar-refractivity contribution in [3.63, 3.8) is 0 Å². The van der Waals surface area contributed by atoms with Crippen LogP contribution in [0.5, 0.6) is 0 Å². The number of nitrogens with one attached hydrogen (secondary N) is 2. The van der Waals surface area contributed by atoms with Crippen molar-refractivity contribution in [2.75, 3.05) is 0 Å². The van der Waals surface area contributed by atoms with Crippen molar-refractivity contribution in [1.82, 2.24) is 24.9 Å². The number of pyridine rings is 1. The van der Waals surface area contributed by atoms with E-state index < -0.39 is 5.97 Å². The summed E-state index contributed by atoms with van der Waals surface area (Å²) in [5.41, 5.74) is 7.94. The first-order valence-electron chi connectivity index (χ1n) is 10.3. The van der Waals surface area contributed by atoms with Gasteiger partial charge in [0.05, 0.1) is 22.8 Å². The highest BCUT2D eigenvalue weighted by Crippen LogP contribution is 2.16. The summed E-state index contributed by atoms with van der Waals surface area (Å²) in [7, 11) is 0. The van der Waals surface area contributed by atoms with Gasteiger partial charge < -0.3 is 15.1 Å². The first-order chi connectivity index (χ1) is 16.1. The summed E-state index contributed by atoms with van der Waals surface area (Å²) in [6, 6.07) is 21.1. The van der Waals surface area contributed by atoms with Crippen LogP contribution in [0.3, 0.4) is 0 Å². The Morgan fingerprint density at radius 2 is 1.06 bits per heavy atom. The van der Waals surface area contributed by atoms with E-state index in [0.29, 0.717) is 0 Å². The van der Waals surface area contributed by atoms with Crippen LogP contribution in [0.25, 0.3) is 46.4 Å². The molecule has 4 aromatic heterocycles. The van der Waals surface area contributed by atoms with E-state index in [1.165, 1.54) is 12.3 Å². The first kappa shape index (κ1) is 20.1. The molecule has 0 spiro atoms. The predicted octanol–water partition coefficient (Wildman–Crippen LogP) is 5.44. The third kappa shape index (κ3) is 4.94. The Labute approximate surface area is 188 Å². The van der Waals surface area contributed by atoms with Crippen LogP contribution in [-0.2, 0) is 0 Å². The lowest BCUT2D eigenvalue weighted by atomic mass is 10.3. The van der Waals surface area contributed by atoms with E-state index >= 15 is 0 Å². The highest BCUT2D eigenvalue weighted by Gasteiger charge is 2.01. The topological polar surface area (TPSA) is 108 Å². The van der Waals surface area contributed by atoms with Crippen molar-refractivity contribution < 1.29 is 9.90 Å². The number of fused-ring (bicyclic) bond motifs is 8. The van der Waals surface area contributed by atoms with Gasteiger partial charge in [-0.2, -0.15) is 0 Å². The third-order valence-corrected chi connectivity index (χ3v) is 4.93. The van der Waals surface area contributed by atoms with Gasteiger partial charge in [-0.05, 0) is 85.0 Å². The molecule has 4 aromatic rings. The molecule has 7 nitrogen and oxygen atoms in total. The zero-order valence-corrected chi connectivity index (χ0v) is 17.4. The minimum absolute atomic E-state index is 0.0810. The van der Waals surface area contributed by atoms with Crippen LogP contribution in [0.4, 0.5) is 0 Å². The van der Waals surface area contributed by atoms with Gasteiger partial charge in [0.2, 0.25) is 0 Å². The Bertz CT molecular complexity index is 1370. The second kappa shape index (κ2) is 8.76. The second-order valence-corrected chi connectivity index (χ2v) is 7.43. The normalized spacial score (nSPS) is 11.6. The van der Waals surface area contributed by atoms with Crippen molar-refractivity contribution >= 4 is 52.3 Å². The van der Waals surface area contributed by atoms with E-state index in [4.69, 9.17) is 5.11 Å². The molecule has 8 bridgehead atoms. The number of carboxylic acid groups (broad SMARTS) is 1. The third-order valence-electron chi connectivity index (χ3n) is 4.93. The van der Waals surface area contributed by atoms with Crippen LogP contribution in [-0.4, -0.2) is 36.0 Å². The average Bonchev–Trinajstić information content (AvgIpc) is 3.61. The maximum Gasteiger partial charge on any atom is 0.354 e. The summed E-state index contributed by atoms with van der Waals surface area (Å²) in [6.45, 7) is 0. The van der Waals surface area contributed by atoms with Gasteiger partial charge in [-0.3, -0.25) is 0 Å². The number of hydrogen-bond acceptors (Lipinski definition) is 4. The standard InChI is InChI=1S/C20H14N4.C6H5NO2/c1-2-14-10-16-5-6-18(23-16)12-20-8-7-19(24-20)11-17-4-3-15(22-17)9-13(1)21-14;8-6(9)5-3-1-2-4-7-5/h1-12,21,24H;1-4H,(H,8,9). The number of aromatic carboxylic acids is 1. The van der Waals surface area contributed by atoms with E-state index in [0.717, 1.165) is 44.8 Å². The molecule has 0 aliphatic carbocycles. The molecule has 0 fully saturated rings. The molecule has 0 radical (unpaired) electrons. The van der Waals surface area contributed by atoms with Crippen LogP contribution in [0, 0.1) is 0 Å². The van der Waals surface area contributed by atoms with Gasteiger partial charge in [-0.1, -0.05) is 6.07 Å². The summed E-state index contributed by atoms with van der Waals surface area (Å²) in [5, 5.41) is 8.32. The van der Waals surface area contributed by atoms with E-state index in [9.17, 15) is 4.79 Å². The smallest absolute Gasteiger partial charge is 0.354 e. The molecule has 160 valence electrons. The maximum atomic E-state index is 10.1. The van der Waals surface area contributed by atoms with Crippen molar-refractivity contribution in [1.29, 1.82) is 0 Å². The molecule has 2 aliphatic heterocycles. The van der Waals surface area contributed by atoms with Gasteiger partial charge >= 0.3 is 5.97 Å². The fourth-order valence-corrected chi connectivity index (χ4v) is 3.43. The molecule has 0 aromatic carbocycles. The highest BCUT2D eigenvalue weighted by molar-refractivity contribution is 5.85. The van der Waals surface area contributed by atoms with Crippen molar-refractivity contribution in [3.05, 3.63) is 101 Å². The average molecular weight is 433 g/mol. The van der Waals surface area contributed by atoms with E-state index in [1.54, 1.807) is 12.1 Å². The molecule has 6 heterocycles. The molecule has 0 atom stereocenters. The van der Waals surface area contributed by atoms with Crippen LogP contribution in [0.1, 0.15) is 33.3 Å². The lowest BCUT2D eigenvalue weighted by Crippen LogP contribution is -1.97. The number of H-pyrrole nitrogens is 2. The van der Waals surface area contributed by atoms with E-state index in [-0.39, 0.29) is 5.69 Å². The van der Waals surface area contributed by atoms with Crippen molar-refractivity contribution in [2.24, 2.45) is 0 Å². The molecular formula is C26H19N5O2. The zero-order chi connectivity index (χ0) is 22.6. The Morgan fingerprint density at radius 3 is 1.36 bits per heavy atom. The molecule has 0 saturated carbocycles. The van der Waals surface area contributed by atoms with Gasteiger partial charge in [0, 0.05) is 28.3 Å². The fraction of sp³-hybridized carbons (Fsp3) is 0. The number of carbonyl (C=O) groups is 1. The lowest BCUT2D eigenvalue weighted by Gasteiger charge is -1.87. The molecular weight excluding hydrogens is 414 g/mol. The van der Waals surface area contributed by atoms with E-state index in [2.05, 4.69) is 49.2 Å². The van der Waals surface area contributed by atoms with Crippen LogP contribution in [0.15, 0.2) is 72.9 Å². The molecule has 3 N–H and O–H groups in total. The number of aromatic amines is 2. The highest BCUT2D eigenvalue weighted by atomic mass is 16.4. The molecule has 0 saturated heterocycles. The molecule has 6 rings (SSSR count). The van der Waals surface area contributed by atoms with Gasteiger partial charge in [0.15, 0.2) is 0 Å². The van der Waals surface area contributed by atoms with Crippen molar-refractivity contribution in [3.8, 4) is 0 Å². The summed E-state index contributed by atoms with van der Waals surface area (Å²) < 4.78 is 0. The number of hydrogen-bond donors (Lipinski definition) is 3. The van der Waals surface area contributed by atoms with Gasteiger partial charge in [-0.25, -0.2) is 19.7 Å². The molecule has 7 heteroatoms. The monoisotopic (exact) mass is 433 g/mol. The van der Waals surface area contributed by atoms with Crippen LogP contribution in [0.2, 0.25) is 0 Å². The summed E-state index contributed by atoms with van der Waals surface area (Å²) in [5.74, 6) is -0.990. The zero-order valence-electron chi connectivity index (χ0n) is 17.4. The summed E-state index contributed by atoms with van der Waals surface area (Å²) in [4.78, 5) is 29.7. The second-order valence-electron chi connectivity index (χ2n) is 7.43. The van der Waals surface area contributed by atoms with E-state index in [1.807, 2.05) is 48.6 Å². The summed E-state index contributed by atoms with van der Waals surface area (Å²) >= 11 is 0. The Hall–Kier alpha value is -4.78. The van der Waals surface area contributed by atoms with Crippen LogP contribution < -0.4 is 0 Å². The van der Waals surface area contributed by atoms with Gasteiger partial charge in [-0.15, -0.1) is 0 Å². The Morgan fingerprint density at radius 1 is 0.636 bits per heavy atom. The minimum atomic E-state index is -0.990. The largest absolute Gasteiger partial charge is 0.477 e. The first-order valence-corrected chi connectivity index (χ1v) is 10.3. The molecule has 0 unspecified atom stereocenters. The fourth-order valence-electron chi connectivity index (χ4n) is 3.43. The summed E-state index contributed by atoms with van der Waals surface area (Å²) in [6.07, 6.45) is 9.54. The van der Waals surface area contributed by atoms with Gasteiger partial charge in [0.25, 0.3) is 0 Å². The van der Waals surface area contributed by atoms with Crippen molar-refractivity contribution in [2.45, 2.75) is 0 Å². The number of nitrogens with zero attached hydrogens (tertiary/aromatic N) is 3. The Kier molecular flexibility index (Phi) is 5.35. The predicted molar refractivity (Wildman–Crippen MR) is 130 cm³/mol. The Balaban J connectivity index is 0.000000215. The molecule has 2 aliphatic rings. The van der Waals surface area contributed by atoms with Crippen LogP contribution >= 0.6 is 0 Å². The SMILES string of the molecule is C1=Cc2cc3ccc(cc4nc(cc5ccc(cc1n2)[nH]5)C=C4)[nH]3.O=C(O)c1ccccn1. The quantitative estimate of drug-likeness (QED) is 0.320. The molecule has 33 heavy (non-hydrogen) atoms. The number of aromatic nitrogens is 5. The number of carboxylic acids is 1. The minimum Gasteiger partial charge on any atom is -0.477 e. The van der Waals surface area contributed by atoms with Gasteiger partial charge in [0.1, 0.15) is 5.69 Å². The molecule has 0 amide bonds. The maximum absolute atomic E-state index is 10.1. The lowest BCUT2D eigenvalue weighted by molar-refractivity contribution is 0.0690.